The Labute approximate surface area is 124 Å². The third-order valence-corrected chi connectivity index (χ3v) is 5.26. The van der Waals surface area contributed by atoms with Crippen LogP contribution < -0.4 is 4.72 Å². The number of hydrogen-bond donors (Lipinski definition) is 2. The monoisotopic (exact) mass is 365 g/mol. The summed E-state index contributed by atoms with van der Waals surface area (Å²) in [6, 6.07) is 1.82. The molecule has 0 bridgehead atoms. The summed E-state index contributed by atoms with van der Waals surface area (Å²) in [5.41, 5.74) is -0.847. The highest BCUT2D eigenvalue weighted by Crippen LogP contribution is 2.45. The van der Waals surface area contributed by atoms with Crippen molar-refractivity contribution in [1.29, 1.82) is 0 Å². The molecular weight excluding hydrogens is 353 g/mol. The lowest BCUT2D eigenvalue weighted by molar-refractivity contribution is 0.0691. The first-order valence-corrected chi connectivity index (χ1v) is 8.07. The van der Waals surface area contributed by atoms with Crippen molar-refractivity contribution in [3.63, 3.8) is 0 Å². The van der Waals surface area contributed by atoms with Crippen molar-refractivity contribution >= 4 is 31.9 Å². The molecule has 0 heterocycles. The Morgan fingerprint density at radius 1 is 1.50 bits per heavy atom. The zero-order chi connectivity index (χ0) is 15.3. The van der Waals surface area contributed by atoms with Crippen LogP contribution in [0.3, 0.4) is 0 Å². The van der Waals surface area contributed by atoms with Crippen molar-refractivity contribution in [1.82, 2.24) is 4.72 Å². The van der Waals surface area contributed by atoms with Crippen molar-refractivity contribution in [2.24, 2.45) is 5.41 Å². The molecule has 0 aliphatic heterocycles. The van der Waals surface area contributed by atoms with Crippen molar-refractivity contribution in [3.05, 3.63) is 28.0 Å². The standard InChI is InChI=1S/C12H13BrFNO4S/c1-12(2)5-9(12)15-20(18,19)8-4-6(13)3-7(10(8)14)11(16)17/h3-4,9,15H,5H2,1-2H3,(H,16,17). The van der Waals surface area contributed by atoms with Crippen LogP contribution in [0, 0.1) is 11.2 Å². The summed E-state index contributed by atoms with van der Waals surface area (Å²) in [5.74, 6) is -2.78. The molecule has 1 aliphatic carbocycles. The smallest absolute Gasteiger partial charge is 0.338 e. The minimum absolute atomic E-state index is 0.162. The van der Waals surface area contributed by atoms with Gasteiger partial charge in [0.05, 0.1) is 5.56 Å². The minimum atomic E-state index is -4.10. The molecule has 0 saturated heterocycles. The van der Waals surface area contributed by atoms with Crippen molar-refractivity contribution in [3.8, 4) is 0 Å². The highest BCUT2D eigenvalue weighted by Gasteiger charge is 2.48. The number of carboxylic acids is 1. The summed E-state index contributed by atoms with van der Waals surface area (Å²) < 4.78 is 40.9. The summed E-state index contributed by atoms with van der Waals surface area (Å²) in [4.78, 5) is 10.3. The first-order valence-electron chi connectivity index (χ1n) is 5.79. The van der Waals surface area contributed by atoms with E-state index in [4.69, 9.17) is 5.11 Å². The van der Waals surface area contributed by atoms with Gasteiger partial charge in [-0.25, -0.2) is 22.3 Å². The van der Waals surface area contributed by atoms with Gasteiger partial charge in [-0.3, -0.25) is 0 Å². The average molecular weight is 366 g/mol. The van der Waals surface area contributed by atoms with Gasteiger partial charge in [-0.1, -0.05) is 29.8 Å². The second kappa shape index (κ2) is 4.78. The lowest BCUT2D eigenvalue weighted by atomic mass is 10.2. The molecule has 1 aromatic rings. The van der Waals surface area contributed by atoms with E-state index in [0.29, 0.717) is 6.42 Å². The average Bonchev–Trinajstić information content (AvgIpc) is 2.87. The number of carbonyl (C=O) groups is 1. The predicted octanol–water partition coefficient (Wildman–Crippen LogP) is 2.36. The van der Waals surface area contributed by atoms with E-state index in [1.807, 2.05) is 13.8 Å². The molecule has 1 atom stereocenters. The van der Waals surface area contributed by atoms with Gasteiger partial charge in [0, 0.05) is 10.5 Å². The molecule has 1 unspecified atom stereocenters. The zero-order valence-electron chi connectivity index (χ0n) is 10.8. The maximum atomic E-state index is 14.0. The number of halogens is 2. The van der Waals surface area contributed by atoms with Gasteiger partial charge in [-0.2, -0.15) is 0 Å². The minimum Gasteiger partial charge on any atom is -0.478 e. The summed E-state index contributed by atoms with van der Waals surface area (Å²) in [5, 5.41) is 8.88. The van der Waals surface area contributed by atoms with Gasteiger partial charge < -0.3 is 5.11 Å². The van der Waals surface area contributed by atoms with Crippen LogP contribution in [0.4, 0.5) is 4.39 Å². The van der Waals surface area contributed by atoms with Gasteiger partial charge in [-0.15, -0.1) is 0 Å². The molecule has 0 radical (unpaired) electrons. The first-order chi connectivity index (χ1) is 9.04. The van der Waals surface area contributed by atoms with E-state index in [1.165, 1.54) is 0 Å². The van der Waals surface area contributed by atoms with Crippen molar-refractivity contribution in [2.75, 3.05) is 0 Å². The van der Waals surface area contributed by atoms with Crippen LogP contribution >= 0.6 is 15.9 Å². The quantitative estimate of drug-likeness (QED) is 0.857. The second-order valence-corrected chi connectivity index (χ2v) is 8.04. The molecule has 110 valence electrons. The highest BCUT2D eigenvalue weighted by atomic mass is 79.9. The molecule has 8 heteroatoms. The molecule has 1 fully saturated rings. The fraction of sp³-hybridized carbons (Fsp3) is 0.417. The topological polar surface area (TPSA) is 83.5 Å². The van der Waals surface area contributed by atoms with E-state index < -0.39 is 32.3 Å². The number of carboxylic acid groups (broad SMARTS) is 1. The number of benzene rings is 1. The molecule has 0 amide bonds. The van der Waals surface area contributed by atoms with Crippen LogP contribution in [-0.4, -0.2) is 25.5 Å². The molecule has 5 nitrogen and oxygen atoms in total. The molecule has 0 spiro atoms. The number of sulfonamides is 1. The van der Waals surface area contributed by atoms with E-state index >= 15 is 0 Å². The molecule has 1 saturated carbocycles. The predicted molar refractivity (Wildman–Crippen MR) is 73.6 cm³/mol. The molecule has 1 aliphatic rings. The second-order valence-electron chi connectivity index (χ2n) is 5.44. The molecule has 1 aromatic carbocycles. The first kappa shape index (κ1) is 15.4. The third-order valence-electron chi connectivity index (χ3n) is 3.33. The summed E-state index contributed by atoms with van der Waals surface area (Å²) >= 11 is 2.99. The maximum Gasteiger partial charge on any atom is 0.338 e. The van der Waals surface area contributed by atoms with E-state index in [1.54, 1.807) is 0 Å². The molecule has 2 N–H and O–H groups in total. The Morgan fingerprint density at radius 2 is 2.05 bits per heavy atom. The van der Waals surface area contributed by atoms with Crippen LogP contribution in [0.2, 0.25) is 0 Å². The normalized spacial score (nSPS) is 20.7. The van der Waals surface area contributed by atoms with E-state index in [0.717, 1.165) is 12.1 Å². The van der Waals surface area contributed by atoms with E-state index in [2.05, 4.69) is 20.7 Å². The molecule has 20 heavy (non-hydrogen) atoms. The Bertz CT molecular complexity index is 687. The van der Waals surface area contributed by atoms with Gasteiger partial charge >= 0.3 is 5.97 Å². The van der Waals surface area contributed by atoms with E-state index in [9.17, 15) is 17.6 Å². The molecule has 2 rings (SSSR count). The lowest BCUT2D eigenvalue weighted by Gasteiger charge is -2.11. The maximum absolute atomic E-state index is 14.0. The van der Waals surface area contributed by atoms with Gasteiger partial charge in [0.1, 0.15) is 4.90 Å². The number of rotatable bonds is 4. The van der Waals surface area contributed by atoms with Crippen molar-refractivity contribution in [2.45, 2.75) is 31.2 Å². The Balaban J connectivity index is 2.44. The summed E-state index contributed by atoms with van der Waals surface area (Å²) in [7, 11) is -4.10. The summed E-state index contributed by atoms with van der Waals surface area (Å²) in [6.45, 7) is 3.78. The summed E-state index contributed by atoms with van der Waals surface area (Å²) in [6.07, 6.45) is 0.660. The van der Waals surface area contributed by atoms with E-state index in [-0.39, 0.29) is 15.9 Å². The Kier molecular flexibility index (Phi) is 3.68. The Morgan fingerprint density at radius 3 is 2.50 bits per heavy atom. The number of hydrogen-bond acceptors (Lipinski definition) is 3. The largest absolute Gasteiger partial charge is 0.478 e. The fourth-order valence-electron chi connectivity index (χ4n) is 1.83. The number of aromatic carboxylic acids is 1. The molecule has 0 aromatic heterocycles. The third kappa shape index (κ3) is 2.87. The Hall–Kier alpha value is -0.990. The molecular formula is C12H13BrFNO4S. The van der Waals surface area contributed by atoms with Crippen molar-refractivity contribution < 1.29 is 22.7 Å². The van der Waals surface area contributed by atoms with Crippen LogP contribution in [-0.2, 0) is 10.0 Å². The fourth-order valence-corrected chi connectivity index (χ4v) is 3.98. The lowest BCUT2D eigenvalue weighted by Crippen LogP contribution is -2.29. The van der Waals surface area contributed by atoms with Gasteiger partial charge in [0.15, 0.2) is 5.82 Å². The highest BCUT2D eigenvalue weighted by molar-refractivity contribution is 9.10. The van der Waals surface area contributed by atoms with Crippen LogP contribution in [0.15, 0.2) is 21.5 Å². The van der Waals surface area contributed by atoms with Gasteiger partial charge in [0.2, 0.25) is 10.0 Å². The zero-order valence-corrected chi connectivity index (χ0v) is 13.2. The number of nitrogens with one attached hydrogen (secondary N) is 1. The van der Waals surface area contributed by atoms with Gasteiger partial charge in [0.25, 0.3) is 0 Å². The van der Waals surface area contributed by atoms with Crippen LogP contribution in [0.5, 0.6) is 0 Å². The SMILES string of the molecule is CC1(C)CC1NS(=O)(=O)c1cc(Br)cc(C(=O)O)c1F. The van der Waals surface area contributed by atoms with Gasteiger partial charge in [-0.05, 0) is 24.0 Å². The van der Waals surface area contributed by atoms with Crippen LogP contribution in [0.25, 0.3) is 0 Å². The van der Waals surface area contributed by atoms with Crippen LogP contribution in [0.1, 0.15) is 30.6 Å².